The largest absolute Gasteiger partial charge is 0.486 e. The summed E-state index contributed by atoms with van der Waals surface area (Å²) in [5.41, 5.74) is 0.926. The number of carboxylic acids is 1. The number of hydrogen-bond acceptors (Lipinski definition) is 6. The summed E-state index contributed by atoms with van der Waals surface area (Å²) in [6, 6.07) is 8.31. The number of morpholine rings is 1. The number of carbonyl (C=O) groups excluding carboxylic acids is 1. The van der Waals surface area contributed by atoms with E-state index in [2.05, 4.69) is 0 Å². The van der Waals surface area contributed by atoms with Gasteiger partial charge in [-0.15, -0.1) is 11.3 Å². The molecule has 7 nitrogen and oxygen atoms in total. The number of rotatable bonds is 3. The summed E-state index contributed by atoms with van der Waals surface area (Å²) in [5, 5.41) is 9.30. The van der Waals surface area contributed by atoms with Crippen LogP contribution in [0.1, 0.15) is 9.67 Å². The summed E-state index contributed by atoms with van der Waals surface area (Å²) >= 11 is 1.33. The van der Waals surface area contributed by atoms with Crippen LogP contribution in [0.25, 0.3) is 10.4 Å². The van der Waals surface area contributed by atoms with Crippen molar-refractivity contribution in [3.05, 3.63) is 35.2 Å². The highest BCUT2D eigenvalue weighted by Gasteiger charge is 2.33. The third-order valence-corrected chi connectivity index (χ3v) is 5.44. The maximum absolute atomic E-state index is 12.8. The van der Waals surface area contributed by atoms with Gasteiger partial charge in [0, 0.05) is 11.4 Å². The number of thiophene rings is 1. The third-order valence-electron chi connectivity index (χ3n) is 4.32. The molecule has 8 heteroatoms. The summed E-state index contributed by atoms with van der Waals surface area (Å²) in [7, 11) is 0. The molecule has 0 saturated carbocycles. The molecule has 2 aliphatic heterocycles. The van der Waals surface area contributed by atoms with Crippen LogP contribution < -0.4 is 9.47 Å². The smallest absolute Gasteiger partial charge is 0.328 e. The van der Waals surface area contributed by atoms with Crippen molar-refractivity contribution in [1.29, 1.82) is 0 Å². The van der Waals surface area contributed by atoms with Gasteiger partial charge in [0.15, 0.2) is 17.5 Å². The summed E-state index contributed by atoms with van der Waals surface area (Å²) in [4.78, 5) is 26.9. The SMILES string of the molecule is O=C(O)[C@H]1COCCN1C(=O)c1ccc(-c2ccc3c(c2)OCCO3)s1. The lowest BCUT2D eigenvalue weighted by Gasteiger charge is -2.32. The third kappa shape index (κ3) is 3.13. The van der Waals surface area contributed by atoms with E-state index in [1.807, 2.05) is 24.3 Å². The normalized spacial score (nSPS) is 19.2. The molecule has 1 saturated heterocycles. The minimum Gasteiger partial charge on any atom is -0.486 e. The lowest BCUT2D eigenvalue weighted by molar-refractivity contribution is -0.147. The highest BCUT2D eigenvalue weighted by molar-refractivity contribution is 7.17. The Kier molecular flexibility index (Phi) is 4.52. The molecule has 0 unspecified atom stereocenters. The number of amides is 1. The molecule has 0 bridgehead atoms. The zero-order chi connectivity index (χ0) is 18.1. The van der Waals surface area contributed by atoms with Crippen molar-refractivity contribution in [2.75, 3.05) is 33.0 Å². The monoisotopic (exact) mass is 375 g/mol. The van der Waals surface area contributed by atoms with Gasteiger partial charge in [0.1, 0.15) is 13.2 Å². The molecule has 1 atom stereocenters. The van der Waals surface area contributed by atoms with Crippen LogP contribution in [-0.4, -0.2) is 60.9 Å². The maximum atomic E-state index is 12.8. The molecule has 3 heterocycles. The first-order valence-electron chi connectivity index (χ1n) is 8.25. The zero-order valence-electron chi connectivity index (χ0n) is 13.8. The quantitative estimate of drug-likeness (QED) is 0.884. The van der Waals surface area contributed by atoms with Gasteiger partial charge in [0.2, 0.25) is 0 Å². The van der Waals surface area contributed by atoms with Crippen molar-refractivity contribution >= 4 is 23.2 Å². The Morgan fingerprint density at radius 2 is 1.88 bits per heavy atom. The lowest BCUT2D eigenvalue weighted by Crippen LogP contribution is -2.52. The Morgan fingerprint density at radius 1 is 1.08 bits per heavy atom. The van der Waals surface area contributed by atoms with E-state index in [4.69, 9.17) is 14.2 Å². The Bertz CT molecular complexity index is 848. The number of nitrogens with zero attached hydrogens (tertiary/aromatic N) is 1. The van der Waals surface area contributed by atoms with Gasteiger partial charge in [-0.05, 0) is 35.9 Å². The molecule has 1 aromatic carbocycles. The number of aliphatic carboxylic acids is 1. The van der Waals surface area contributed by atoms with Crippen LogP contribution in [0, 0.1) is 0 Å². The molecule has 136 valence electrons. The molecule has 1 amide bonds. The van der Waals surface area contributed by atoms with E-state index < -0.39 is 12.0 Å². The maximum Gasteiger partial charge on any atom is 0.328 e. The highest BCUT2D eigenvalue weighted by atomic mass is 32.1. The van der Waals surface area contributed by atoms with E-state index in [9.17, 15) is 14.7 Å². The van der Waals surface area contributed by atoms with E-state index in [1.54, 1.807) is 6.07 Å². The van der Waals surface area contributed by atoms with E-state index in [0.29, 0.717) is 36.2 Å². The first kappa shape index (κ1) is 16.9. The Labute approximate surface area is 153 Å². The van der Waals surface area contributed by atoms with Crippen LogP contribution in [0.3, 0.4) is 0 Å². The number of ether oxygens (including phenoxy) is 3. The van der Waals surface area contributed by atoms with Gasteiger partial charge < -0.3 is 24.2 Å². The fourth-order valence-corrected chi connectivity index (χ4v) is 3.96. The van der Waals surface area contributed by atoms with Crippen molar-refractivity contribution in [3.63, 3.8) is 0 Å². The number of hydrogen-bond donors (Lipinski definition) is 1. The van der Waals surface area contributed by atoms with Crippen molar-refractivity contribution in [3.8, 4) is 21.9 Å². The van der Waals surface area contributed by atoms with E-state index in [-0.39, 0.29) is 19.1 Å². The number of carboxylic acid groups (broad SMARTS) is 1. The number of fused-ring (bicyclic) bond motifs is 1. The summed E-state index contributed by atoms with van der Waals surface area (Å²) in [6.07, 6.45) is 0. The average molecular weight is 375 g/mol. The molecular formula is C18H17NO6S. The molecule has 0 spiro atoms. The average Bonchev–Trinajstić information content (AvgIpc) is 3.17. The predicted octanol–water partition coefficient (Wildman–Crippen LogP) is 2.11. The number of carbonyl (C=O) groups is 2. The first-order valence-corrected chi connectivity index (χ1v) is 9.06. The van der Waals surface area contributed by atoms with Gasteiger partial charge in [-0.3, -0.25) is 4.79 Å². The Balaban J connectivity index is 1.57. The molecule has 26 heavy (non-hydrogen) atoms. The van der Waals surface area contributed by atoms with Crippen LogP contribution >= 0.6 is 11.3 Å². The van der Waals surface area contributed by atoms with Crippen molar-refractivity contribution in [2.24, 2.45) is 0 Å². The van der Waals surface area contributed by atoms with E-state index >= 15 is 0 Å². The highest BCUT2D eigenvalue weighted by Crippen LogP contribution is 2.37. The second-order valence-corrected chi connectivity index (χ2v) is 7.03. The van der Waals surface area contributed by atoms with Gasteiger partial charge in [0.25, 0.3) is 5.91 Å². The minimum atomic E-state index is -1.05. The zero-order valence-corrected chi connectivity index (χ0v) is 14.7. The molecule has 1 fully saturated rings. The fraction of sp³-hybridized carbons (Fsp3) is 0.333. The van der Waals surface area contributed by atoms with Crippen LogP contribution in [0.4, 0.5) is 0 Å². The van der Waals surface area contributed by atoms with Crippen molar-refractivity contribution in [2.45, 2.75) is 6.04 Å². The summed E-state index contributed by atoms with van der Waals surface area (Å²) in [6.45, 7) is 1.68. The van der Waals surface area contributed by atoms with Gasteiger partial charge in [-0.2, -0.15) is 0 Å². The topological polar surface area (TPSA) is 85.3 Å². The fourth-order valence-electron chi connectivity index (χ4n) is 3.00. The first-order chi connectivity index (χ1) is 12.6. The Hall–Kier alpha value is -2.58. The molecule has 0 aliphatic carbocycles. The second kappa shape index (κ2) is 6.97. The molecule has 2 aliphatic rings. The Morgan fingerprint density at radius 3 is 2.69 bits per heavy atom. The molecule has 1 N–H and O–H groups in total. The van der Waals surface area contributed by atoms with Crippen LogP contribution in [0.2, 0.25) is 0 Å². The second-order valence-electron chi connectivity index (χ2n) is 5.95. The van der Waals surface area contributed by atoms with Crippen molar-refractivity contribution < 1.29 is 28.9 Å². The minimum absolute atomic E-state index is 0.0153. The molecule has 2 aromatic rings. The molecule has 0 radical (unpaired) electrons. The van der Waals surface area contributed by atoms with Gasteiger partial charge >= 0.3 is 5.97 Å². The standard InChI is InChI=1S/C18H17NO6S/c20-17(19-5-6-23-10-12(19)18(21)22)16-4-3-15(26-16)11-1-2-13-14(9-11)25-8-7-24-13/h1-4,9,12H,5-8,10H2,(H,21,22)/t12-/m1/s1. The van der Waals surface area contributed by atoms with Crippen LogP contribution in [0.15, 0.2) is 30.3 Å². The molecular weight excluding hydrogens is 358 g/mol. The van der Waals surface area contributed by atoms with E-state index in [0.717, 1.165) is 10.4 Å². The molecule has 1 aromatic heterocycles. The van der Waals surface area contributed by atoms with E-state index in [1.165, 1.54) is 16.2 Å². The van der Waals surface area contributed by atoms with Crippen molar-refractivity contribution in [1.82, 2.24) is 4.90 Å². The van der Waals surface area contributed by atoms with Crippen LogP contribution in [0.5, 0.6) is 11.5 Å². The predicted molar refractivity (Wildman–Crippen MR) is 94.0 cm³/mol. The molecule has 4 rings (SSSR count). The lowest BCUT2D eigenvalue weighted by atomic mass is 10.1. The van der Waals surface area contributed by atoms with Gasteiger partial charge in [0.05, 0.1) is 18.1 Å². The van der Waals surface area contributed by atoms with Gasteiger partial charge in [-0.1, -0.05) is 0 Å². The number of benzene rings is 1. The van der Waals surface area contributed by atoms with Gasteiger partial charge in [-0.25, -0.2) is 4.79 Å². The van der Waals surface area contributed by atoms with Crippen LogP contribution in [-0.2, 0) is 9.53 Å². The summed E-state index contributed by atoms with van der Waals surface area (Å²) < 4.78 is 16.3. The summed E-state index contributed by atoms with van der Waals surface area (Å²) in [5.74, 6) is 0.0655.